The van der Waals surface area contributed by atoms with Crippen LogP contribution in [0.1, 0.15) is 74.3 Å². The van der Waals surface area contributed by atoms with Crippen LogP contribution in [0.25, 0.3) is 0 Å². The molecule has 3 fully saturated rings. The van der Waals surface area contributed by atoms with Gasteiger partial charge >= 0.3 is 0 Å². The summed E-state index contributed by atoms with van der Waals surface area (Å²) in [5.74, 6) is 2.21. The van der Waals surface area contributed by atoms with E-state index in [9.17, 15) is 14.3 Å². The number of aliphatic hydroxyl groups is 1. The molecule has 2 aromatic rings. The molecule has 3 atom stereocenters. The van der Waals surface area contributed by atoms with Crippen molar-refractivity contribution in [2.24, 2.45) is 16.8 Å². The number of carbonyl (C=O) groups excluding carboxylic acids is 1. The van der Waals surface area contributed by atoms with Gasteiger partial charge in [0.05, 0.1) is 12.1 Å². The molecule has 7 nitrogen and oxygen atoms in total. The minimum Gasteiger partial charge on any atom is -0.393 e. The van der Waals surface area contributed by atoms with Gasteiger partial charge in [-0.05, 0) is 85.6 Å². The average Bonchev–Trinajstić information content (AvgIpc) is 3.52. The highest BCUT2D eigenvalue weighted by atomic mass is 19.1. The molecule has 0 bridgehead atoms. The first-order valence-electron chi connectivity index (χ1n) is 14.6. The molecule has 4 N–H and O–H groups in total. The predicted octanol–water partition coefficient (Wildman–Crippen LogP) is 5.45. The molecule has 0 spiro atoms. The molecule has 3 unspecified atom stereocenters. The lowest BCUT2D eigenvalue weighted by molar-refractivity contribution is 0.0848. The Morgan fingerprint density at radius 2 is 1.82 bits per heavy atom. The van der Waals surface area contributed by atoms with Gasteiger partial charge in [0.15, 0.2) is 0 Å². The van der Waals surface area contributed by atoms with E-state index in [-0.39, 0.29) is 29.9 Å². The van der Waals surface area contributed by atoms with E-state index in [1.807, 2.05) is 24.3 Å². The monoisotopic (exact) mass is 543 g/mol. The predicted molar refractivity (Wildman–Crippen MR) is 155 cm³/mol. The normalized spacial score (nSPS) is 27.3. The summed E-state index contributed by atoms with van der Waals surface area (Å²) in [5.41, 5.74) is 8.53. The molecule has 2 heterocycles. The molecule has 2 aliphatic heterocycles. The number of halogens is 1. The molecule has 0 aromatic heterocycles. The zero-order valence-electron chi connectivity index (χ0n) is 23.2. The number of allylic oxidation sites excluding steroid dienone is 2. The van der Waals surface area contributed by atoms with Gasteiger partial charge in [0.25, 0.3) is 5.91 Å². The number of carbonyl (C=O) groups is 1. The lowest BCUT2D eigenvalue weighted by Crippen LogP contribution is -2.46. The molecule has 2 saturated carbocycles. The first-order valence-corrected chi connectivity index (χ1v) is 14.6. The second-order valence-electron chi connectivity index (χ2n) is 11.4. The number of amides is 1. The quantitative estimate of drug-likeness (QED) is 0.333. The Morgan fingerprint density at radius 3 is 2.52 bits per heavy atom. The van der Waals surface area contributed by atoms with Crippen LogP contribution in [0.4, 0.5) is 10.1 Å². The van der Waals surface area contributed by atoms with Crippen LogP contribution in [-0.4, -0.2) is 40.5 Å². The summed E-state index contributed by atoms with van der Waals surface area (Å²) in [4.78, 5) is 17.9. The molecule has 210 valence electrons. The van der Waals surface area contributed by atoms with Gasteiger partial charge < -0.3 is 15.7 Å². The summed E-state index contributed by atoms with van der Waals surface area (Å²) < 4.78 is 13.2. The highest BCUT2D eigenvalue weighted by Gasteiger charge is 2.47. The fourth-order valence-electron chi connectivity index (χ4n) is 6.16. The third kappa shape index (κ3) is 5.30. The summed E-state index contributed by atoms with van der Waals surface area (Å²) >= 11 is 0. The van der Waals surface area contributed by atoms with Crippen LogP contribution in [0.2, 0.25) is 0 Å². The largest absolute Gasteiger partial charge is 0.393 e. The second-order valence-corrected chi connectivity index (χ2v) is 11.4. The minimum atomic E-state index is -0.370. The highest BCUT2D eigenvalue weighted by molar-refractivity contribution is 6.04. The molecule has 1 saturated heterocycles. The van der Waals surface area contributed by atoms with Gasteiger partial charge in [-0.2, -0.15) is 0 Å². The summed E-state index contributed by atoms with van der Waals surface area (Å²) in [5, 5.41) is 18.9. The summed E-state index contributed by atoms with van der Waals surface area (Å²) in [7, 11) is 0. The van der Waals surface area contributed by atoms with E-state index in [2.05, 4.69) is 41.0 Å². The highest BCUT2D eigenvalue weighted by Crippen LogP contribution is 2.52. The molecule has 2 aromatic carbocycles. The molecule has 4 aliphatic rings. The minimum absolute atomic E-state index is 0.0588. The third-order valence-corrected chi connectivity index (χ3v) is 8.66. The van der Waals surface area contributed by atoms with Crippen LogP contribution >= 0.6 is 0 Å². The number of aliphatic imine (C=N–C) groups is 1. The molecule has 1 amide bonds. The zero-order chi connectivity index (χ0) is 27.8. The van der Waals surface area contributed by atoms with E-state index >= 15 is 0 Å². The molecule has 0 radical (unpaired) electrons. The van der Waals surface area contributed by atoms with Gasteiger partial charge in [0, 0.05) is 35.3 Å². The van der Waals surface area contributed by atoms with Crippen LogP contribution in [0.5, 0.6) is 0 Å². The fraction of sp³-hybridized carbons (Fsp3) is 0.438. The first kappa shape index (κ1) is 26.7. The van der Waals surface area contributed by atoms with Crippen molar-refractivity contribution < 1.29 is 14.3 Å². The topological polar surface area (TPSA) is 89.0 Å². The van der Waals surface area contributed by atoms with Gasteiger partial charge in [0.1, 0.15) is 17.5 Å². The van der Waals surface area contributed by atoms with Crippen LogP contribution in [-0.2, 0) is 0 Å². The van der Waals surface area contributed by atoms with E-state index in [0.717, 1.165) is 62.3 Å². The van der Waals surface area contributed by atoms with Gasteiger partial charge in [-0.1, -0.05) is 38.5 Å². The number of nitrogens with one attached hydrogen (secondary N) is 3. The Morgan fingerprint density at radius 1 is 1.10 bits per heavy atom. The molecule has 40 heavy (non-hydrogen) atoms. The SMILES string of the molecule is CCCCNC1=C2C(C)C2C=C2C(=N1)N(C1CCC(O)CC1)NC2c1ccc(NC(=O)c2ccc(F)cc2)cc1. The van der Waals surface area contributed by atoms with E-state index < -0.39 is 0 Å². The Hall–Kier alpha value is -3.49. The van der Waals surface area contributed by atoms with Crippen LogP contribution < -0.4 is 16.1 Å². The number of nitrogens with zero attached hydrogens (tertiary/aromatic N) is 2. The number of rotatable bonds is 8. The number of amidine groups is 1. The smallest absolute Gasteiger partial charge is 0.255 e. The second kappa shape index (κ2) is 11.2. The molecule has 2 aliphatic carbocycles. The lowest BCUT2D eigenvalue weighted by Gasteiger charge is -2.34. The van der Waals surface area contributed by atoms with Crippen molar-refractivity contribution in [3.63, 3.8) is 0 Å². The van der Waals surface area contributed by atoms with Gasteiger partial charge in [-0.3, -0.25) is 9.80 Å². The van der Waals surface area contributed by atoms with E-state index in [1.165, 1.54) is 35.4 Å². The van der Waals surface area contributed by atoms with E-state index in [4.69, 9.17) is 4.99 Å². The van der Waals surface area contributed by atoms with Crippen LogP contribution in [0.3, 0.4) is 0 Å². The zero-order valence-corrected chi connectivity index (χ0v) is 23.2. The maximum absolute atomic E-state index is 13.2. The maximum atomic E-state index is 13.2. The van der Waals surface area contributed by atoms with Gasteiger partial charge in [-0.15, -0.1) is 0 Å². The number of unbranched alkanes of at least 4 members (excludes halogenated alkanes) is 1. The van der Waals surface area contributed by atoms with Crippen LogP contribution in [0.15, 0.2) is 76.6 Å². The molecule has 6 rings (SSSR count). The van der Waals surface area contributed by atoms with Crippen molar-refractivity contribution in [2.45, 2.75) is 70.6 Å². The third-order valence-electron chi connectivity index (χ3n) is 8.66. The van der Waals surface area contributed by atoms with Crippen LogP contribution in [0, 0.1) is 17.7 Å². The average molecular weight is 544 g/mol. The van der Waals surface area contributed by atoms with Crippen molar-refractivity contribution in [3.8, 4) is 0 Å². The molecule has 8 heteroatoms. The van der Waals surface area contributed by atoms with Crippen molar-refractivity contribution in [2.75, 3.05) is 11.9 Å². The Kier molecular flexibility index (Phi) is 7.47. The number of aliphatic hydroxyl groups excluding tert-OH is 1. The summed E-state index contributed by atoms with van der Waals surface area (Å²) in [6, 6.07) is 13.6. The Bertz CT molecular complexity index is 1340. The van der Waals surface area contributed by atoms with Gasteiger partial charge in [0.2, 0.25) is 0 Å². The fourth-order valence-corrected chi connectivity index (χ4v) is 6.16. The van der Waals surface area contributed by atoms with Crippen molar-refractivity contribution in [3.05, 3.63) is 88.5 Å². The van der Waals surface area contributed by atoms with Crippen molar-refractivity contribution in [1.82, 2.24) is 15.8 Å². The number of fused-ring (bicyclic) bond motifs is 2. The molecular weight excluding hydrogens is 505 g/mol. The Labute approximate surface area is 235 Å². The van der Waals surface area contributed by atoms with E-state index in [1.54, 1.807) is 0 Å². The first-order chi connectivity index (χ1) is 19.4. The maximum Gasteiger partial charge on any atom is 0.255 e. The number of hydrazine groups is 1. The lowest BCUT2D eigenvalue weighted by atomic mass is 9.92. The van der Waals surface area contributed by atoms with E-state index in [0.29, 0.717) is 23.1 Å². The molecular formula is C32H38FN5O2. The standard InChI is InChI=1S/C32H38FN5O2/c1-3-4-17-34-30-28-19(2)26(28)18-27-29(37-38(31(27)36-30)24-13-15-25(39)16-14-24)20-7-11-23(12-8-20)35-32(40)21-5-9-22(33)10-6-21/h5-12,18-19,24-26,29,34,37,39H,3-4,13-17H2,1-2H3,(H,35,40). The van der Waals surface area contributed by atoms with Crippen molar-refractivity contribution in [1.29, 1.82) is 0 Å². The summed E-state index contributed by atoms with van der Waals surface area (Å²) in [6.07, 6.45) is 7.83. The Balaban J connectivity index is 1.26. The number of anilines is 1. The summed E-state index contributed by atoms with van der Waals surface area (Å²) in [6.45, 7) is 5.39. The number of hydrogen-bond acceptors (Lipinski definition) is 6. The number of benzene rings is 2. The van der Waals surface area contributed by atoms with Crippen molar-refractivity contribution >= 4 is 17.4 Å². The number of hydrogen-bond donors (Lipinski definition) is 4. The van der Waals surface area contributed by atoms with Gasteiger partial charge in [-0.25, -0.2) is 14.8 Å².